The van der Waals surface area contributed by atoms with Crippen molar-refractivity contribution >= 4 is 13.7 Å². The molecule has 0 saturated heterocycles. The van der Waals surface area contributed by atoms with Crippen molar-refractivity contribution in [1.29, 1.82) is 0 Å². The summed E-state index contributed by atoms with van der Waals surface area (Å²) in [5, 5.41) is 13.6. The van der Waals surface area contributed by atoms with E-state index < -0.39 is 20.0 Å². The molecule has 0 aliphatic carbocycles. The third kappa shape index (κ3) is 30.4. The van der Waals surface area contributed by atoms with Gasteiger partial charge < -0.3 is 19.8 Å². The lowest BCUT2D eigenvalue weighted by Crippen LogP contribution is -2.45. The molecule has 0 heterocycles. The molecule has 0 saturated carbocycles. The van der Waals surface area contributed by atoms with Gasteiger partial charge in [-0.25, -0.2) is 4.57 Å². The van der Waals surface area contributed by atoms with E-state index in [1.807, 2.05) is 39.4 Å². The molecule has 0 aliphatic heterocycles. The highest BCUT2D eigenvalue weighted by atomic mass is 31.2. The van der Waals surface area contributed by atoms with Crippen molar-refractivity contribution in [3.8, 4) is 0 Å². The zero-order valence-electron chi connectivity index (χ0n) is 28.8. The lowest BCUT2D eigenvalue weighted by Gasteiger charge is -2.25. The fourth-order valence-electron chi connectivity index (χ4n) is 3.95. The van der Waals surface area contributed by atoms with Crippen LogP contribution < -0.4 is 5.32 Å². The van der Waals surface area contributed by atoms with Crippen LogP contribution in [0.5, 0.6) is 0 Å². The van der Waals surface area contributed by atoms with Gasteiger partial charge in [0.2, 0.25) is 5.91 Å². The lowest BCUT2D eigenvalue weighted by atomic mass is 10.1. The van der Waals surface area contributed by atoms with Crippen LogP contribution >= 0.6 is 7.82 Å². The van der Waals surface area contributed by atoms with Gasteiger partial charge in [-0.2, -0.15) is 0 Å². The third-order valence-corrected chi connectivity index (χ3v) is 7.66. The van der Waals surface area contributed by atoms with Crippen molar-refractivity contribution in [3.05, 3.63) is 72.9 Å². The number of carbonyl (C=O) groups is 1. The molecule has 3 unspecified atom stereocenters. The number of unbranched alkanes of at least 4 members (excludes halogenated alkanes) is 5. The molecule has 8 nitrogen and oxygen atoms in total. The highest BCUT2D eigenvalue weighted by Crippen LogP contribution is 2.43. The van der Waals surface area contributed by atoms with Gasteiger partial charge in [0.05, 0.1) is 39.9 Å². The van der Waals surface area contributed by atoms with Crippen LogP contribution in [0.4, 0.5) is 0 Å². The number of allylic oxidation sites excluding steroid dienone is 11. The van der Waals surface area contributed by atoms with Gasteiger partial charge in [-0.15, -0.1) is 0 Å². The van der Waals surface area contributed by atoms with Crippen LogP contribution in [0.15, 0.2) is 72.9 Å². The zero-order valence-corrected chi connectivity index (χ0v) is 29.7. The van der Waals surface area contributed by atoms with E-state index in [1.165, 1.54) is 25.7 Å². The number of amides is 1. The van der Waals surface area contributed by atoms with Gasteiger partial charge in [0.25, 0.3) is 0 Å². The summed E-state index contributed by atoms with van der Waals surface area (Å²) in [7, 11) is 1.49. The molecule has 0 spiro atoms. The standard InChI is InChI=1S/C36H63N2O6P/c1-6-8-10-12-14-16-18-19-20-22-24-26-28-30-36(40)37-34(33-44-45(41,42)43-32-31-38(3,4)5)35(39)29-27-25-23-21-17-15-13-11-9-7-2/h8,10,14,16-17,19-21,24,26-27,29,34-35,39H,6-7,9,11-13,15,18,22-23,25,28,30-33H2,1-5H3,(H-,37,40,41,42)/p+1/b10-8-,16-14-,20-19-,21-17+,26-24-,29-27+. The number of likely N-dealkylation sites (N-methyl/N-ethyl adjacent to an activating group) is 1. The minimum Gasteiger partial charge on any atom is -0.387 e. The van der Waals surface area contributed by atoms with Crippen molar-refractivity contribution < 1.29 is 32.9 Å². The molecule has 0 aromatic heterocycles. The summed E-state index contributed by atoms with van der Waals surface area (Å²) in [6, 6.07) is -0.900. The van der Waals surface area contributed by atoms with Gasteiger partial charge in [0, 0.05) is 6.42 Å². The summed E-state index contributed by atoms with van der Waals surface area (Å²) < 4.78 is 23.3. The number of aliphatic hydroxyl groups is 1. The molecule has 0 bridgehead atoms. The second-order valence-electron chi connectivity index (χ2n) is 12.1. The zero-order chi connectivity index (χ0) is 33.7. The Balaban J connectivity index is 4.82. The van der Waals surface area contributed by atoms with Gasteiger partial charge in [-0.3, -0.25) is 13.8 Å². The van der Waals surface area contributed by atoms with Crippen LogP contribution in [0.3, 0.4) is 0 Å². The largest absolute Gasteiger partial charge is 0.472 e. The first kappa shape index (κ1) is 42.9. The summed E-state index contributed by atoms with van der Waals surface area (Å²) in [5.74, 6) is -0.275. The summed E-state index contributed by atoms with van der Waals surface area (Å²) in [6.45, 7) is 4.52. The quantitative estimate of drug-likeness (QED) is 0.0342. The number of hydrogen-bond acceptors (Lipinski definition) is 5. The topological polar surface area (TPSA) is 105 Å². The van der Waals surface area contributed by atoms with Crippen LogP contribution in [-0.2, 0) is 18.4 Å². The maximum Gasteiger partial charge on any atom is 0.472 e. The Kier molecular flexibility index (Phi) is 26.9. The Bertz CT molecular complexity index is 965. The van der Waals surface area contributed by atoms with E-state index in [4.69, 9.17) is 9.05 Å². The number of aliphatic hydroxyl groups excluding tert-OH is 1. The number of nitrogens with zero attached hydrogens (tertiary/aromatic N) is 1. The van der Waals surface area contributed by atoms with Crippen LogP contribution in [0.25, 0.3) is 0 Å². The Morgan fingerprint density at radius 3 is 1.98 bits per heavy atom. The summed E-state index contributed by atoms with van der Waals surface area (Å²) in [6.07, 6.45) is 35.7. The SMILES string of the molecule is CC/C=C\C/C=C\C/C=C\C/C=C\CCC(=O)NC(COP(=O)(O)OCC[N+](C)(C)C)C(O)/C=C/CC/C=C/CCCCCC. The molecular weight excluding hydrogens is 587 g/mol. The number of carbonyl (C=O) groups excluding carboxylic acids is 1. The van der Waals surface area contributed by atoms with Gasteiger partial charge in [0.1, 0.15) is 13.2 Å². The predicted molar refractivity (Wildman–Crippen MR) is 189 cm³/mol. The minimum atomic E-state index is -4.35. The van der Waals surface area contributed by atoms with Crippen molar-refractivity contribution in [3.63, 3.8) is 0 Å². The number of rotatable bonds is 28. The Morgan fingerprint density at radius 2 is 1.36 bits per heavy atom. The molecule has 9 heteroatoms. The number of quaternary nitrogens is 1. The predicted octanol–water partition coefficient (Wildman–Crippen LogP) is 8.12. The number of nitrogens with one attached hydrogen (secondary N) is 1. The van der Waals surface area contributed by atoms with Crippen LogP contribution in [0, 0.1) is 0 Å². The minimum absolute atomic E-state index is 0.0394. The van der Waals surface area contributed by atoms with Crippen molar-refractivity contribution in [2.24, 2.45) is 0 Å². The Labute approximate surface area is 274 Å². The third-order valence-electron chi connectivity index (χ3n) is 6.67. The van der Waals surface area contributed by atoms with Crippen LogP contribution in [0.2, 0.25) is 0 Å². The Morgan fingerprint density at radius 1 is 0.778 bits per heavy atom. The van der Waals surface area contributed by atoms with Gasteiger partial charge in [-0.1, -0.05) is 106 Å². The average Bonchev–Trinajstić information content (AvgIpc) is 2.97. The molecule has 0 aromatic rings. The number of phosphoric ester groups is 1. The van der Waals surface area contributed by atoms with Gasteiger partial charge in [0.15, 0.2) is 0 Å². The molecule has 0 aromatic carbocycles. The highest BCUT2D eigenvalue weighted by molar-refractivity contribution is 7.47. The fourth-order valence-corrected chi connectivity index (χ4v) is 4.68. The first-order valence-corrected chi connectivity index (χ1v) is 18.3. The summed E-state index contributed by atoms with van der Waals surface area (Å²) >= 11 is 0. The molecule has 1 amide bonds. The monoisotopic (exact) mass is 651 g/mol. The molecule has 0 radical (unpaired) electrons. The van der Waals surface area contributed by atoms with Crippen molar-refractivity contribution in [2.45, 2.75) is 109 Å². The molecule has 0 fully saturated rings. The maximum atomic E-state index is 12.7. The van der Waals surface area contributed by atoms with E-state index in [1.54, 1.807) is 6.08 Å². The van der Waals surface area contributed by atoms with E-state index in [0.717, 1.165) is 44.9 Å². The molecule has 0 rings (SSSR count). The van der Waals surface area contributed by atoms with E-state index in [2.05, 4.69) is 67.8 Å². The second-order valence-corrected chi connectivity index (χ2v) is 13.6. The summed E-state index contributed by atoms with van der Waals surface area (Å²) in [4.78, 5) is 22.8. The molecule has 0 aliphatic rings. The molecule has 45 heavy (non-hydrogen) atoms. The molecular formula is C36H64N2O6P+. The number of phosphoric acid groups is 1. The Hall–Kier alpha value is -2.06. The van der Waals surface area contributed by atoms with E-state index >= 15 is 0 Å². The lowest BCUT2D eigenvalue weighted by molar-refractivity contribution is -0.870. The first-order valence-electron chi connectivity index (χ1n) is 16.8. The van der Waals surface area contributed by atoms with Crippen molar-refractivity contribution in [1.82, 2.24) is 5.32 Å². The second kappa shape index (κ2) is 28.2. The van der Waals surface area contributed by atoms with E-state index in [0.29, 0.717) is 17.4 Å². The van der Waals surface area contributed by atoms with Crippen LogP contribution in [-0.4, -0.2) is 73.4 Å². The molecule has 258 valence electrons. The smallest absolute Gasteiger partial charge is 0.387 e. The highest BCUT2D eigenvalue weighted by Gasteiger charge is 2.27. The van der Waals surface area contributed by atoms with Gasteiger partial charge >= 0.3 is 7.82 Å². The summed E-state index contributed by atoms with van der Waals surface area (Å²) in [5.41, 5.74) is 0. The fraction of sp³-hybridized carbons (Fsp3) is 0.639. The average molecular weight is 652 g/mol. The molecule has 3 N–H and O–H groups in total. The van der Waals surface area contributed by atoms with Crippen molar-refractivity contribution in [2.75, 3.05) is 40.9 Å². The van der Waals surface area contributed by atoms with E-state index in [9.17, 15) is 19.4 Å². The first-order chi connectivity index (χ1) is 21.5. The van der Waals surface area contributed by atoms with Gasteiger partial charge in [-0.05, 0) is 57.8 Å². The van der Waals surface area contributed by atoms with Crippen LogP contribution in [0.1, 0.15) is 97.3 Å². The maximum absolute atomic E-state index is 12.7. The van der Waals surface area contributed by atoms with E-state index in [-0.39, 0.29) is 25.5 Å². The molecule has 3 atom stereocenters. The normalized spacial score (nSPS) is 15.8. The number of hydrogen-bond donors (Lipinski definition) is 3.